The Morgan fingerprint density at radius 3 is 2.60 bits per heavy atom. The van der Waals surface area contributed by atoms with Crippen LogP contribution in [0.1, 0.15) is 59.4 Å². The molecule has 0 aliphatic rings. The Morgan fingerprint density at radius 2 is 1.89 bits per heavy atom. The van der Waals surface area contributed by atoms with E-state index in [0.29, 0.717) is 34.4 Å². The van der Waals surface area contributed by atoms with Gasteiger partial charge in [-0.15, -0.1) is 11.3 Å². The molecule has 0 bridgehead atoms. The molecule has 180 valence electrons. The maximum atomic E-state index is 13.6. The highest BCUT2D eigenvalue weighted by Crippen LogP contribution is 2.27. The molecular formula is C25H25FN6O2S. The minimum atomic E-state index is -0.428. The number of hydrogen-bond donors (Lipinski definition) is 2. The number of aryl methyl sites for hydroxylation is 2. The average Bonchev–Trinajstić information content (AvgIpc) is 3.19. The summed E-state index contributed by atoms with van der Waals surface area (Å²) in [6.07, 6.45) is 4.40. The highest BCUT2D eigenvalue weighted by molar-refractivity contribution is 7.18. The van der Waals surface area contributed by atoms with Gasteiger partial charge in [0.2, 0.25) is 11.9 Å². The Kier molecular flexibility index (Phi) is 7.40. The quantitative estimate of drug-likeness (QED) is 0.306. The molecule has 1 unspecified atom stereocenters. The summed E-state index contributed by atoms with van der Waals surface area (Å²) in [7, 11) is 0. The summed E-state index contributed by atoms with van der Waals surface area (Å²) in [4.78, 5) is 41.6. The van der Waals surface area contributed by atoms with Gasteiger partial charge in [-0.2, -0.15) is 4.98 Å². The third-order valence-corrected chi connectivity index (χ3v) is 6.31. The number of Topliss-reactive ketones (excluding diaryl/α,β-unsaturated/α-hetero) is 1. The minimum Gasteiger partial charge on any atom is -0.348 e. The standard InChI is InChI=1S/C25H25FN6O2S/c1-14(18-11-19(26)13-27-12-18)28-25-31-22(23-24(32-25)30-16(3)35-23)21(34)6-4-5-17-7-9-20(10-8-17)29-15(2)33/h7-14H,4-6H2,1-3H3,(H,29,33)(H,28,31,32). The Bertz CT molecular complexity index is 1370. The van der Waals surface area contributed by atoms with E-state index < -0.39 is 5.82 Å². The summed E-state index contributed by atoms with van der Waals surface area (Å²) in [5, 5.41) is 6.67. The molecule has 2 N–H and O–H groups in total. The lowest BCUT2D eigenvalue weighted by Crippen LogP contribution is -2.13. The molecule has 0 saturated carbocycles. The van der Waals surface area contributed by atoms with Crippen LogP contribution in [0.15, 0.2) is 42.7 Å². The summed E-state index contributed by atoms with van der Waals surface area (Å²) in [6.45, 7) is 5.17. The lowest BCUT2D eigenvalue weighted by atomic mass is 10.0. The zero-order valence-corrected chi connectivity index (χ0v) is 20.4. The van der Waals surface area contributed by atoms with E-state index in [1.807, 2.05) is 38.1 Å². The van der Waals surface area contributed by atoms with Crippen LogP contribution in [0.2, 0.25) is 0 Å². The number of halogens is 1. The number of aromatic nitrogens is 4. The van der Waals surface area contributed by atoms with Crippen molar-refractivity contribution in [2.24, 2.45) is 0 Å². The molecule has 8 nitrogen and oxygen atoms in total. The number of ketones is 1. The molecule has 1 amide bonds. The van der Waals surface area contributed by atoms with Gasteiger partial charge >= 0.3 is 0 Å². The number of pyridine rings is 1. The van der Waals surface area contributed by atoms with Gasteiger partial charge < -0.3 is 10.6 Å². The molecule has 1 aromatic carbocycles. The van der Waals surface area contributed by atoms with E-state index in [0.717, 1.165) is 28.9 Å². The maximum absolute atomic E-state index is 13.6. The smallest absolute Gasteiger partial charge is 0.225 e. The number of thiazole rings is 1. The van der Waals surface area contributed by atoms with Crippen LogP contribution in [0.5, 0.6) is 0 Å². The van der Waals surface area contributed by atoms with Crippen molar-refractivity contribution in [3.05, 3.63) is 70.4 Å². The van der Waals surface area contributed by atoms with Crippen LogP contribution in [-0.2, 0) is 11.2 Å². The predicted octanol–water partition coefficient (Wildman–Crippen LogP) is 5.27. The number of benzene rings is 1. The SMILES string of the molecule is CC(=O)Nc1ccc(CCCC(=O)c2nc(NC(C)c3cncc(F)c3)nc3nc(C)sc23)cc1. The van der Waals surface area contributed by atoms with Crippen molar-refractivity contribution in [1.29, 1.82) is 0 Å². The summed E-state index contributed by atoms with van der Waals surface area (Å²) in [6, 6.07) is 8.65. The summed E-state index contributed by atoms with van der Waals surface area (Å²) < 4.78 is 14.2. The third-order valence-electron chi connectivity index (χ3n) is 5.34. The van der Waals surface area contributed by atoms with Crippen LogP contribution < -0.4 is 10.6 Å². The third kappa shape index (κ3) is 6.21. The highest BCUT2D eigenvalue weighted by Gasteiger charge is 2.19. The zero-order valence-electron chi connectivity index (χ0n) is 19.6. The number of anilines is 2. The minimum absolute atomic E-state index is 0.0842. The van der Waals surface area contributed by atoms with Crippen molar-refractivity contribution in [1.82, 2.24) is 19.9 Å². The second-order valence-electron chi connectivity index (χ2n) is 8.24. The molecule has 0 saturated heterocycles. The van der Waals surface area contributed by atoms with Crippen molar-refractivity contribution < 1.29 is 14.0 Å². The fourth-order valence-electron chi connectivity index (χ4n) is 3.65. The molecular weight excluding hydrogens is 467 g/mol. The molecule has 1 atom stereocenters. The number of amides is 1. The van der Waals surface area contributed by atoms with Crippen molar-refractivity contribution in [2.45, 2.75) is 46.1 Å². The Balaban J connectivity index is 1.47. The first-order valence-electron chi connectivity index (χ1n) is 11.2. The van der Waals surface area contributed by atoms with Crippen LogP contribution in [-0.4, -0.2) is 31.6 Å². The van der Waals surface area contributed by atoms with E-state index in [1.165, 1.54) is 24.3 Å². The normalized spacial score (nSPS) is 11.9. The number of rotatable bonds is 9. The molecule has 0 aliphatic carbocycles. The van der Waals surface area contributed by atoms with E-state index >= 15 is 0 Å². The molecule has 4 aromatic rings. The monoisotopic (exact) mass is 492 g/mol. The summed E-state index contributed by atoms with van der Waals surface area (Å²) in [5.41, 5.74) is 3.26. The topological polar surface area (TPSA) is 110 Å². The number of nitrogens with zero attached hydrogens (tertiary/aromatic N) is 4. The zero-order chi connectivity index (χ0) is 24.9. The van der Waals surface area contributed by atoms with E-state index in [-0.39, 0.29) is 23.7 Å². The van der Waals surface area contributed by atoms with E-state index in [4.69, 9.17) is 0 Å². The van der Waals surface area contributed by atoms with Crippen molar-refractivity contribution in [2.75, 3.05) is 10.6 Å². The van der Waals surface area contributed by atoms with Gasteiger partial charge in [-0.1, -0.05) is 12.1 Å². The van der Waals surface area contributed by atoms with Gasteiger partial charge in [0.05, 0.1) is 17.2 Å². The fraction of sp³-hybridized carbons (Fsp3) is 0.280. The average molecular weight is 493 g/mol. The lowest BCUT2D eigenvalue weighted by molar-refractivity contribution is -0.114. The molecule has 0 radical (unpaired) electrons. The number of fused-ring (bicyclic) bond motifs is 1. The molecule has 3 heterocycles. The largest absolute Gasteiger partial charge is 0.348 e. The second kappa shape index (κ2) is 10.6. The van der Waals surface area contributed by atoms with Crippen molar-refractivity contribution in [3.63, 3.8) is 0 Å². The first-order chi connectivity index (χ1) is 16.8. The van der Waals surface area contributed by atoms with Gasteiger partial charge in [-0.3, -0.25) is 14.6 Å². The summed E-state index contributed by atoms with van der Waals surface area (Å²) in [5.74, 6) is -0.368. The van der Waals surface area contributed by atoms with E-state index in [1.54, 1.807) is 6.20 Å². The highest BCUT2D eigenvalue weighted by atomic mass is 32.1. The van der Waals surface area contributed by atoms with E-state index in [9.17, 15) is 14.0 Å². The van der Waals surface area contributed by atoms with Gasteiger partial charge in [-0.25, -0.2) is 14.4 Å². The number of nitrogens with one attached hydrogen (secondary N) is 2. The first kappa shape index (κ1) is 24.3. The Hall–Kier alpha value is -3.79. The molecule has 0 spiro atoms. The maximum Gasteiger partial charge on any atom is 0.225 e. The van der Waals surface area contributed by atoms with Gasteiger partial charge in [0, 0.05) is 25.2 Å². The van der Waals surface area contributed by atoms with Crippen molar-refractivity contribution >= 4 is 45.0 Å². The summed E-state index contributed by atoms with van der Waals surface area (Å²) >= 11 is 1.39. The van der Waals surface area contributed by atoms with Crippen molar-refractivity contribution in [3.8, 4) is 0 Å². The molecule has 0 fully saturated rings. The van der Waals surface area contributed by atoms with Crippen LogP contribution >= 0.6 is 11.3 Å². The van der Waals surface area contributed by atoms with Crippen LogP contribution in [0.3, 0.4) is 0 Å². The van der Waals surface area contributed by atoms with Gasteiger partial charge in [0.15, 0.2) is 11.4 Å². The van der Waals surface area contributed by atoms with Gasteiger partial charge in [0.1, 0.15) is 16.2 Å². The van der Waals surface area contributed by atoms with E-state index in [2.05, 4.69) is 30.6 Å². The molecule has 4 rings (SSSR count). The number of hydrogen-bond acceptors (Lipinski definition) is 8. The Morgan fingerprint density at radius 1 is 1.11 bits per heavy atom. The van der Waals surface area contributed by atoms with Gasteiger partial charge in [0.25, 0.3) is 0 Å². The number of carbonyl (C=O) groups excluding carboxylic acids is 2. The molecule has 0 aliphatic heterocycles. The first-order valence-corrected chi connectivity index (χ1v) is 12.0. The second-order valence-corrected chi connectivity index (χ2v) is 9.44. The predicted molar refractivity (Wildman–Crippen MR) is 134 cm³/mol. The molecule has 35 heavy (non-hydrogen) atoms. The van der Waals surface area contributed by atoms with Crippen LogP contribution in [0.4, 0.5) is 16.0 Å². The van der Waals surface area contributed by atoms with Crippen LogP contribution in [0, 0.1) is 12.7 Å². The molecule has 3 aromatic heterocycles. The van der Waals surface area contributed by atoms with Crippen LogP contribution in [0.25, 0.3) is 10.3 Å². The lowest BCUT2D eigenvalue weighted by Gasteiger charge is -2.14. The molecule has 10 heteroatoms. The van der Waals surface area contributed by atoms with Gasteiger partial charge in [-0.05, 0) is 56.0 Å². The fourth-order valence-corrected chi connectivity index (χ4v) is 4.52. The number of carbonyl (C=O) groups is 2. The Labute approximate surface area is 206 Å².